The molecule has 4 aromatic rings. The fourth-order valence-electron chi connectivity index (χ4n) is 3.79. The van der Waals surface area contributed by atoms with E-state index in [0.29, 0.717) is 6.54 Å². The Morgan fingerprint density at radius 2 is 1.58 bits per heavy atom. The predicted molar refractivity (Wildman–Crippen MR) is 107 cm³/mol. The van der Waals surface area contributed by atoms with Gasteiger partial charge in [0.15, 0.2) is 5.82 Å². The maximum atomic E-state index is 13.3. The zero-order chi connectivity index (χ0) is 17.7. The summed E-state index contributed by atoms with van der Waals surface area (Å²) in [6, 6.07) is 26.6. The van der Waals surface area contributed by atoms with E-state index in [1.165, 1.54) is 5.56 Å². The average molecular weight is 358 g/mol. The van der Waals surface area contributed by atoms with Crippen LogP contribution < -0.4 is 0 Å². The van der Waals surface area contributed by atoms with Crippen LogP contribution in [-0.2, 0) is 16.3 Å². The van der Waals surface area contributed by atoms with Gasteiger partial charge in [0, 0.05) is 29.3 Å². The van der Waals surface area contributed by atoms with Crippen molar-refractivity contribution in [1.82, 2.24) is 4.57 Å². The Hall–Kier alpha value is -2.85. The summed E-state index contributed by atoms with van der Waals surface area (Å²) < 4.78 is 20.2. The molecule has 26 heavy (non-hydrogen) atoms. The van der Waals surface area contributed by atoms with Crippen LogP contribution in [0.5, 0.6) is 0 Å². The molecule has 0 spiro atoms. The number of aromatic nitrogens is 1. The minimum atomic E-state index is -2.46. The van der Waals surface area contributed by atoms with Gasteiger partial charge in [-0.05, 0) is 17.7 Å². The maximum absolute atomic E-state index is 13.3. The molecule has 1 aliphatic rings. The van der Waals surface area contributed by atoms with Gasteiger partial charge in [0.1, 0.15) is 0 Å². The van der Waals surface area contributed by atoms with Crippen molar-refractivity contribution in [1.29, 1.82) is 0 Å². The van der Waals surface area contributed by atoms with Gasteiger partial charge in [-0.15, -0.1) is 0 Å². The van der Waals surface area contributed by atoms with Gasteiger partial charge < -0.3 is 4.57 Å². The molecule has 2 heterocycles. The van der Waals surface area contributed by atoms with E-state index in [0.717, 1.165) is 32.7 Å². The second kappa shape index (κ2) is 5.58. The zero-order valence-corrected chi connectivity index (χ0v) is 15.2. The van der Waals surface area contributed by atoms with Crippen molar-refractivity contribution in [3.63, 3.8) is 0 Å². The molecule has 4 heteroatoms. The Morgan fingerprint density at radius 1 is 0.885 bits per heavy atom. The Labute approximate surface area is 153 Å². The molecule has 1 atom stereocenters. The van der Waals surface area contributed by atoms with Crippen molar-refractivity contribution in [3.05, 3.63) is 84.4 Å². The fraction of sp³-hybridized carbons (Fsp3) is 0.0909. The lowest BCUT2D eigenvalue weighted by Gasteiger charge is -2.18. The molecule has 0 amide bonds. The normalized spacial score (nSPS) is 18.2. The van der Waals surface area contributed by atoms with E-state index in [2.05, 4.69) is 41.0 Å². The second-order valence-electron chi connectivity index (χ2n) is 6.68. The summed E-state index contributed by atoms with van der Waals surface area (Å²) in [5.74, 6) is 0.821. The van der Waals surface area contributed by atoms with E-state index < -0.39 is 9.73 Å². The molecule has 1 aromatic heterocycles. The molecule has 0 bridgehead atoms. The fourth-order valence-corrected chi connectivity index (χ4v) is 5.32. The first-order chi connectivity index (χ1) is 12.6. The monoisotopic (exact) mass is 358 g/mol. The van der Waals surface area contributed by atoms with Crippen molar-refractivity contribution >= 4 is 26.4 Å². The Balaban J connectivity index is 1.88. The minimum Gasteiger partial charge on any atom is -0.320 e. The third-order valence-electron chi connectivity index (χ3n) is 4.95. The van der Waals surface area contributed by atoms with Crippen LogP contribution in [0, 0.1) is 0 Å². The summed E-state index contributed by atoms with van der Waals surface area (Å²) in [5, 5.41) is 1.16. The van der Waals surface area contributed by atoms with Crippen LogP contribution in [0.2, 0.25) is 0 Å². The van der Waals surface area contributed by atoms with E-state index in [1.54, 1.807) is 6.26 Å². The molecule has 0 N–H and O–H groups in total. The highest BCUT2D eigenvalue weighted by molar-refractivity contribution is 7.93. The first-order valence-corrected chi connectivity index (χ1v) is 10.5. The summed E-state index contributed by atoms with van der Waals surface area (Å²) in [7, 11) is -2.46. The lowest BCUT2D eigenvalue weighted by molar-refractivity contribution is 0.680. The van der Waals surface area contributed by atoms with Crippen molar-refractivity contribution < 1.29 is 4.21 Å². The van der Waals surface area contributed by atoms with E-state index in [9.17, 15) is 4.21 Å². The van der Waals surface area contributed by atoms with Gasteiger partial charge in [0.2, 0.25) is 0 Å². The molecular weight excluding hydrogens is 340 g/mol. The van der Waals surface area contributed by atoms with E-state index in [1.807, 2.05) is 42.5 Å². The van der Waals surface area contributed by atoms with Gasteiger partial charge in [-0.2, -0.15) is 4.36 Å². The van der Waals surface area contributed by atoms with Crippen molar-refractivity contribution in [3.8, 4) is 11.1 Å². The van der Waals surface area contributed by atoms with Gasteiger partial charge in [0.05, 0.1) is 20.1 Å². The highest BCUT2D eigenvalue weighted by Gasteiger charge is 2.27. The summed E-state index contributed by atoms with van der Waals surface area (Å²) in [5.41, 5.74) is 4.45. The van der Waals surface area contributed by atoms with Crippen molar-refractivity contribution in [2.45, 2.75) is 11.4 Å². The van der Waals surface area contributed by atoms with Crippen LogP contribution in [0.15, 0.2) is 88.1 Å². The summed E-state index contributed by atoms with van der Waals surface area (Å²) in [6.45, 7) is 0.706. The molecule has 0 radical (unpaired) electrons. The molecule has 1 unspecified atom stereocenters. The van der Waals surface area contributed by atoms with Crippen LogP contribution in [0.4, 0.5) is 5.82 Å². The third kappa shape index (κ3) is 2.22. The lowest BCUT2D eigenvalue weighted by atomic mass is 10.0. The van der Waals surface area contributed by atoms with Crippen LogP contribution in [-0.4, -0.2) is 15.0 Å². The van der Waals surface area contributed by atoms with Gasteiger partial charge in [-0.25, -0.2) is 4.21 Å². The smallest absolute Gasteiger partial charge is 0.152 e. The molecule has 128 valence electrons. The molecule has 5 rings (SSSR count). The molecule has 3 nitrogen and oxygen atoms in total. The number of hydrogen-bond donors (Lipinski definition) is 0. The van der Waals surface area contributed by atoms with Gasteiger partial charge in [-0.3, -0.25) is 0 Å². The number of benzene rings is 3. The SMILES string of the molecule is CS1(=O)=Nc2c(c3ccccc3n2Cc2ccccc2)-c2ccccc21. The molecule has 0 fully saturated rings. The summed E-state index contributed by atoms with van der Waals surface area (Å²) in [6.07, 6.45) is 1.74. The molecule has 1 aliphatic heterocycles. The van der Waals surface area contributed by atoms with Crippen LogP contribution in [0.1, 0.15) is 5.56 Å². The highest BCUT2D eigenvalue weighted by Crippen LogP contribution is 2.47. The number of para-hydroxylation sites is 1. The lowest BCUT2D eigenvalue weighted by Crippen LogP contribution is -2.06. The quantitative estimate of drug-likeness (QED) is 0.468. The first kappa shape index (κ1) is 15.4. The highest BCUT2D eigenvalue weighted by atomic mass is 32.2. The summed E-state index contributed by atoms with van der Waals surface area (Å²) >= 11 is 0. The topological polar surface area (TPSA) is 34.4 Å². The van der Waals surface area contributed by atoms with Crippen LogP contribution in [0.3, 0.4) is 0 Å². The van der Waals surface area contributed by atoms with Crippen LogP contribution >= 0.6 is 0 Å². The van der Waals surface area contributed by atoms with Crippen LogP contribution in [0.25, 0.3) is 22.0 Å². The number of fused-ring (bicyclic) bond motifs is 5. The number of nitrogens with zero attached hydrogens (tertiary/aromatic N) is 2. The van der Waals surface area contributed by atoms with Gasteiger partial charge in [0.25, 0.3) is 0 Å². The molecule has 0 saturated heterocycles. The molecular formula is C22H18N2OS. The standard InChI is InChI=1S/C22H18N2OS/c1-26(25)20-14-8-6-12-18(20)21-17-11-5-7-13-19(17)24(22(21)23-26)15-16-9-3-2-4-10-16/h2-14H,15H2,1H3. The number of rotatable bonds is 2. The van der Waals surface area contributed by atoms with Crippen molar-refractivity contribution in [2.24, 2.45) is 4.36 Å². The second-order valence-corrected chi connectivity index (χ2v) is 8.90. The molecule has 3 aromatic carbocycles. The van der Waals surface area contributed by atoms with E-state index in [4.69, 9.17) is 4.36 Å². The first-order valence-electron chi connectivity index (χ1n) is 8.62. The Kier molecular flexibility index (Phi) is 3.31. The van der Waals surface area contributed by atoms with Gasteiger partial charge >= 0.3 is 0 Å². The minimum absolute atomic E-state index is 0.706. The van der Waals surface area contributed by atoms with E-state index >= 15 is 0 Å². The molecule has 0 aliphatic carbocycles. The third-order valence-corrected chi connectivity index (χ3v) is 6.65. The largest absolute Gasteiger partial charge is 0.320 e. The average Bonchev–Trinajstić information content (AvgIpc) is 2.96. The maximum Gasteiger partial charge on any atom is 0.152 e. The van der Waals surface area contributed by atoms with Gasteiger partial charge in [-0.1, -0.05) is 66.7 Å². The zero-order valence-electron chi connectivity index (χ0n) is 14.4. The molecule has 0 saturated carbocycles. The Bertz CT molecular complexity index is 1260. The van der Waals surface area contributed by atoms with E-state index in [-0.39, 0.29) is 0 Å². The summed E-state index contributed by atoms with van der Waals surface area (Å²) in [4.78, 5) is 0.829. The van der Waals surface area contributed by atoms with Crippen molar-refractivity contribution in [2.75, 3.05) is 6.26 Å². The Morgan fingerprint density at radius 3 is 2.42 bits per heavy atom. The predicted octanol–water partition coefficient (Wildman–Crippen LogP) is 5.46. The number of hydrogen-bond acceptors (Lipinski definition) is 2.